The number of nitrogens with zero attached hydrogens (tertiary/aromatic N) is 3. The Morgan fingerprint density at radius 1 is 1.40 bits per heavy atom. The lowest BCUT2D eigenvalue weighted by molar-refractivity contribution is -0.137. The fourth-order valence-corrected chi connectivity index (χ4v) is 2.63. The van der Waals surface area contributed by atoms with Crippen LogP contribution in [-0.2, 0) is 11.3 Å². The molecule has 1 aromatic rings. The van der Waals surface area contributed by atoms with Gasteiger partial charge in [0.05, 0.1) is 13.0 Å². The van der Waals surface area contributed by atoms with Gasteiger partial charge in [0.15, 0.2) is 0 Å². The summed E-state index contributed by atoms with van der Waals surface area (Å²) >= 11 is 0. The van der Waals surface area contributed by atoms with Gasteiger partial charge >= 0.3 is 5.97 Å². The van der Waals surface area contributed by atoms with Crippen LogP contribution in [0.4, 0.5) is 0 Å². The van der Waals surface area contributed by atoms with Gasteiger partial charge in [0, 0.05) is 19.3 Å². The number of aliphatic carboxylic acids is 1. The van der Waals surface area contributed by atoms with Crippen molar-refractivity contribution < 1.29 is 14.7 Å². The number of hydrogen-bond donors (Lipinski definition) is 1. The zero-order valence-electron chi connectivity index (χ0n) is 11.8. The maximum Gasteiger partial charge on any atom is 0.305 e. The zero-order valence-corrected chi connectivity index (χ0v) is 11.8. The molecule has 1 aromatic heterocycles. The first-order valence-electron chi connectivity index (χ1n) is 7.10. The lowest BCUT2D eigenvalue weighted by atomic mass is 9.94. The number of hydrogen-bond acceptors (Lipinski definition) is 3. The van der Waals surface area contributed by atoms with E-state index in [2.05, 4.69) is 5.10 Å². The van der Waals surface area contributed by atoms with Crippen LogP contribution in [0.3, 0.4) is 0 Å². The maximum atomic E-state index is 12.3. The van der Waals surface area contributed by atoms with Gasteiger partial charge in [-0.2, -0.15) is 5.10 Å². The van der Waals surface area contributed by atoms with Crippen LogP contribution in [0.5, 0.6) is 0 Å². The molecule has 110 valence electrons. The van der Waals surface area contributed by atoms with E-state index in [0.717, 1.165) is 12.8 Å². The summed E-state index contributed by atoms with van der Waals surface area (Å²) in [5.74, 6) is -0.946. The van der Waals surface area contributed by atoms with E-state index >= 15 is 0 Å². The Balaban J connectivity index is 1.95. The molecule has 1 fully saturated rings. The van der Waals surface area contributed by atoms with Crippen molar-refractivity contribution in [1.29, 1.82) is 0 Å². The van der Waals surface area contributed by atoms with E-state index in [1.807, 2.05) is 7.05 Å². The van der Waals surface area contributed by atoms with E-state index in [1.54, 1.807) is 17.2 Å². The number of aryl methyl sites for hydroxylation is 1. The molecule has 0 aliphatic heterocycles. The zero-order chi connectivity index (χ0) is 14.5. The van der Waals surface area contributed by atoms with Crippen LogP contribution < -0.4 is 0 Å². The van der Waals surface area contributed by atoms with Gasteiger partial charge in [-0.05, 0) is 18.9 Å². The minimum absolute atomic E-state index is 0.00771. The second-order valence-corrected chi connectivity index (χ2v) is 5.32. The molecule has 0 atom stereocenters. The highest BCUT2D eigenvalue weighted by atomic mass is 16.4. The van der Waals surface area contributed by atoms with Crippen molar-refractivity contribution in [2.24, 2.45) is 0 Å². The number of carboxylic acid groups (broad SMARTS) is 1. The maximum absolute atomic E-state index is 12.3. The second kappa shape index (κ2) is 6.54. The third-order valence-corrected chi connectivity index (χ3v) is 3.86. The first kappa shape index (κ1) is 14.6. The summed E-state index contributed by atoms with van der Waals surface area (Å²) in [4.78, 5) is 24.6. The Hall–Kier alpha value is -1.85. The monoisotopic (exact) mass is 279 g/mol. The molecule has 0 aromatic carbocycles. The van der Waals surface area contributed by atoms with Crippen molar-refractivity contribution in [1.82, 2.24) is 14.7 Å². The molecule has 1 N–H and O–H groups in total. The molecule has 1 amide bonds. The summed E-state index contributed by atoms with van der Waals surface area (Å²) in [5, 5.41) is 12.8. The number of carboxylic acids is 1. The molecule has 0 saturated heterocycles. The Morgan fingerprint density at radius 2 is 2.10 bits per heavy atom. The summed E-state index contributed by atoms with van der Waals surface area (Å²) in [6.45, 7) is 0.287. The predicted molar refractivity (Wildman–Crippen MR) is 73.4 cm³/mol. The summed E-state index contributed by atoms with van der Waals surface area (Å²) in [7, 11) is 1.83. The average molecular weight is 279 g/mol. The summed E-state index contributed by atoms with van der Waals surface area (Å²) < 4.78 is 1.51. The van der Waals surface area contributed by atoms with Gasteiger partial charge in [0.25, 0.3) is 5.91 Å². The van der Waals surface area contributed by atoms with Crippen molar-refractivity contribution in [3.63, 3.8) is 0 Å². The van der Waals surface area contributed by atoms with E-state index in [1.165, 1.54) is 23.9 Å². The fraction of sp³-hybridized carbons (Fsp3) is 0.643. The average Bonchev–Trinajstić information content (AvgIpc) is 2.93. The van der Waals surface area contributed by atoms with Crippen molar-refractivity contribution in [3.05, 3.63) is 18.0 Å². The fourth-order valence-electron chi connectivity index (χ4n) is 2.63. The summed E-state index contributed by atoms with van der Waals surface area (Å²) in [6, 6.07) is 1.96. The minimum atomic E-state index is -0.868. The second-order valence-electron chi connectivity index (χ2n) is 5.32. The molecule has 0 spiro atoms. The van der Waals surface area contributed by atoms with Crippen LogP contribution in [0.15, 0.2) is 12.3 Å². The van der Waals surface area contributed by atoms with Gasteiger partial charge in [-0.1, -0.05) is 19.3 Å². The molecule has 0 bridgehead atoms. The molecule has 0 unspecified atom stereocenters. The summed E-state index contributed by atoms with van der Waals surface area (Å²) in [5.41, 5.74) is 0.392. The largest absolute Gasteiger partial charge is 0.481 e. The van der Waals surface area contributed by atoms with Crippen molar-refractivity contribution in [2.75, 3.05) is 7.05 Å². The molecule has 1 aliphatic carbocycles. The molecule has 6 heteroatoms. The van der Waals surface area contributed by atoms with E-state index in [4.69, 9.17) is 5.11 Å². The highest BCUT2D eigenvalue weighted by Crippen LogP contribution is 2.22. The van der Waals surface area contributed by atoms with Crippen LogP contribution in [-0.4, -0.2) is 44.8 Å². The molecule has 1 heterocycles. The lowest BCUT2D eigenvalue weighted by Crippen LogP contribution is -2.38. The third kappa shape index (κ3) is 3.59. The van der Waals surface area contributed by atoms with Crippen molar-refractivity contribution in [2.45, 2.75) is 51.1 Å². The van der Waals surface area contributed by atoms with E-state index < -0.39 is 5.97 Å². The van der Waals surface area contributed by atoms with Gasteiger partial charge in [0.2, 0.25) is 0 Å². The SMILES string of the molecule is CN(C(=O)c1ccn(CCC(=O)O)n1)C1CCCCC1. The van der Waals surface area contributed by atoms with Gasteiger partial charge in [-0.25, -0.2) is 0 Å². The van der Waals surface area contributed by atoms with Crippen LogP contribution in [0.2, 0.25) is 0 Å². The standard InChI is InChI=1S/C14H21N3O3/c1-16(11-5-3-2-4-6-11)14(20)12-7-9-17(15-12)10-8-13(18)19/h7,9,11H,2-6,8,10H2,1H3,(H,18,19). The molecule has 6 nitrogen and oxygen atoms in total. The molecule has 1 aliphatic rings. The number of carbonyl (C=O) groups is 2. The van der Waals surface area contributed by atoms with Crippen LogP contribution in [0, 0.1) is 0 Å². The van der Waals surface area contributed by atoms with Gasteiger partial charge in [-0.3, -0.25) is 14.3 Å². The minimum Gasteiger partial charge on any atom is -0.481 e. The van der Waals surface area contributed by atoms with Crippen molar-refractivity contribution in [3.8, 4) is 0 Å². The van der Waals surface area contributed by atoms with Gasteiger partial charge < -0.3 is 10.0 Å². The highest BCUT2D eigenvalue weighted by Gasteiger charge is 2.24. The molecule has 20 heavy (non-hydrogen) atoms. The van der Waals surface area contributed by atoms with Crippen LogP contribution >= 0.6 is 0 Å². The number of rotatable bonds is 5. The smallest absolute Gasteiger partial charge is 0.305 e. The van der Waals surface area contributed by atoms with Gasteiger partial charge in [-0.15, -0.1) is 0 Å². The first-order valence-corrected chi connectivity index (χ1v) is 7.10. The number of carbonyl (C=O) groups excluding carboxylic acids is 1. The van der Waals surface area contributed by atoms with Crippen molar-refractivity contribution >= 4 is 11.9 Å². The van der Waals surface area contributed by atoms with E-state index in [9.17, 15) is 9.59 Å². The number of amides is 1. The normalized spacial score (nSPS) is 16.1. The Morgan fingerprint density at radius 3 is 2.75 bits per heavy atom. The Kier molecular flexibility index (Phi) is 4.76. The Labute approximate surface area is 118 Å². The highest BCUT2D eigenvalue weighted by molar-refractivity contribution is 5.92. The molecule has 0 radical (unpaired) electrons. The van der Waals surface area contributed by atoms with E-state index in [0.29, 0.717) is 11.7 Å². The van der Waals surface area contributed by atoms with Gasteiger partial charge in [0.1, 0.15) is 5.69 Å². The Bertz CT molecular complexity index is 478. The third-order valence-electron chi connectivity index (χ3n) is 3.86. The summed E-state index contributed by atoms with van der Waals surface area (Å²) in [6.07, 6.45) is 7.38. The molecule has 1 saturated carbocycles. The number of aromatic nitrogens is 2. The van der Waals surface area contributed by atoms with Crippen LogP contribution in [0.1, 0.15) is 49.0 Å². The quantitative estimate of drug-likeness (QED) is 0.891. The van der Waals surface area contributed by atoms with Crippen LogP contribution in [0.25, 0.3) is 0 Å². The molecule has 2 rings (SSSR count). The first-order chi connectivity index (χ1) is 9.58. The lowest BCUT2D eigenvalue weighted by Gasteiger charge is -2.30. The molecular formula is C14H21N3O3. The predicted octanol–water partition coefficient (Wildman–Crippen LogP) is 1.76. The topological polar surface area (TPSA) is 75.4 Å². The molecular weight excluding hydrogens is 258 g/mol. The van der Waals surface area contributed by atoms with E-state index in [-0.39, 0.29) is 18.9 Å².